The van der Waals surface area contributed by atoms with Gasteiger partial charge in [-0.15, -0.1) is 0 Å². The zero-order valence-corrected chi connectivity index (χ0v) is 24.5. The van der Waals surface area contributed by atoms with E-state index in [1.54, 1.807) is 42.5 Å². The number of para-hydroxylation sites is 1. The standard InChI is InChI=1S/C38H26O8/c1-5-34(39)43-26-12-9-11-23(19-26)30-21-25-16-15-24(20-31(25)32-22-27(17-18-29(30)32)44-35(40)6-2)28-13-10-14-33(45-36(41)7-3)38(28)46-37(42)8-4/h5-22H,1-4H2. The summed E-state index contributed by atoms with van der Waals surface area (Å²) in [4.78, 5) is 48.3. The normalized spacial score (nSPS) is 10.4. The molecule has 0 aromatic heterocycles. The first kappa shape index (κ1) is 30.9. The van der Waals surface area contributed by atoms with Crippen molar-refractivity contribution in [3.05, 3.63) is 136 Å². The number of benzene rings is 5. The molecule has 0 spiro atoms. The largest absolute Gasteiger partial charge is 0.423 e. The lowest BCUT2D eigenvalue weighted by atomic mass is 9.91. The van der Waals surface area contributed by atoms with E-state index >= 15 is 0 Å². The van der Waals surface area contributed by atoms with Gasteiger partial charge in [-0.05, 0) is 80.7 Å². The van der Waals surface area contributed by atoms with E-state index in [0.29, 0.717) is 22.6 Å². The number of carbonyl (C=O) groups excluding carboxylic acids is 4. The lowest BCUT2D eigenvalue weighted by Crippen LogP contribution is -2.09. The molecule has 0 N–H and O–H groups in total. The molecule has 0 aliphatic rings. The quantitative estimate of drug-likeness (QED) is 0.0686. The molecule has 0 aliphatic heterocycles. The van der Waals surface area contributed by atoms with Crippen LogP contribution < -0.4 is 18.9 Å². The van der Waals surface area contributed by atoms with Crippen molar-refractivity contribution >= 4 is 45.4 Å². The molecule has 0 unspecified atom stereocenters. The van der Waals surface area contributed by atoms with Crippen molar-refractivity contribution in [3.63, 3.8) is 0 Å². The third-order valence-electron chi connectivity index (χ3n) is 6.88. The molecule has 226 valence electrons. The molecule has 5 aromatic carbocycles. The third-order valence-corrected chi connectivity index (χ3v) is 6.88. The van der Waals surface area contributed by atoms with Gasteiger partial charge in [0.05, 0.1) is 0 Å². The van der Waals surface area contributed by atoms with Crippen molar-refractivity contribution in [2.75, 3.05) is 0 Å². The van der Waals surface area contributed by atoms with Crippen LogP contribution in [0.15, 0.2) is 136 Å². The van der Waals surface area contributed by atoms with E-state index in [0.717, 1.165) is 57.0 Å². The van der Waals surface area contributed by atoms with Crippen LogP contribution in [0.3, 0.4) is 0 Å². The lowest BCUT2D eigenvalue weighted by Gasteiger charge is -2.16. The number of rotatable bonds is 10. The summed E-state index contributed by atoms with van der Waals surface area (Å²) in [5.74, 6) is -1.97. The summed E-state index contributed by atoms with van der Waals surface area (Å²) >= 11 is 0. The zero-order chi connectivity index (χ0) is 32.8. The smallest absolute Gasteiger partial charge is 0.335 e. The number of carbonyl (C=O) groups is 4. The van der Waals surface area contributed by atoms with E-state index in [1.807, 2.05) is 36.4 Å². The van der Waals surface area contributed by atoms with Crippen molar-refractivity contribution < 1.29 is 38.1 Å². The van der Waals surface area contributed by atoms with Gasteiger partial charge in [0, 0.05) is 29.9 Å². The van der Waals surface area contributed by atoms with Crippen LogP contribution in [0.25, 0.3) is 43.8 Å². The highest BCUT2D eigenvalue weighted by Crippen LogP contribution is 2.42. The first-order valence-electron chi connectivity index (χ1n) is 13.9. The molecule has 5 aromatic rings. The van der Waals surface area contributed by atoms with Crippen molar-refractivity contribution in [1.82, 2.24) is 0 Å². The van der Waals surface area contributed by atoms with Crippen LogP contribution in [-0.2, 0) is 19.2 Å². The second kappa shape index (κ2) is 13.4. The predicted octanol–water partition coefficient (Wildman–Crippen LogP) is 7.69. The highest BCUT2D eigenvalue weighted by atomic mass is 16.6. The van der Waals surface area contributed by atoms with E-state index in [-0.39, 0.29) is 11.5 Å². The fourth-order valence-corrected chi connectivity index (χ4v) is 4.86. The first-order chi connectivity index (χ1) is 22.2. The molecule has 0 radical (unpaired) electrons. The van der Waals surface area contributed by atoms with Crippen molar-refractivity contribution in [2.24, 2.45) is 0 Å². The minimum atomic E-state index is -0.742. The van der Waals surface area contributed by atoms with Gasteiger partial charge in [-0.1, -0.05) is 68.8 Å². The summed E-state index contributed by atoms with van der Waals surface area (Å²) in [5.41, 5.74) is 2.70. The summed E-state index contributed by atoms with van der Waals surface area (Å²) in [6.07, 6.45) is 4.17. The summed E-state index contributed by atoms with van der Waals surface area (Å²) in [6, 6.07) is 24.8. The Morgan fingerprint density at radius 1 is 0.478 bits per heavy atom. The fraction of sp³-hybridized carbons (Fsp3) is 0. The van der Waals surface area contributed by atoms with Crippen LogP contribution in [0.1, 0.15) is 0 Å². The topological polar surface area (TPSA) is 105 Å². The zero-order valence-electron chi connectivity index (χ0n) is 24.5. The Balaban J connectivity index is 1.75. The van der Waals surface area contributed by atoms with E-state index in [4.69, 9.17) is 18.9 Å². The van der Waals surface area contributed by atoms with Gasteiger partial charge >= 0.3 is 23.9 Å². The van der Waals surface area contributed by atoms with E-state index in [2.05, 4.69) is 26.3 Å². The molecule has 0 fully saturated rings. The van der Waals surface area contributed by atoms with E-state index in [9.17, 15) is 19.2 Å². The number of fused-ring (bicyclic) bond motifs is 3. The number of hydrogen-bond donors (Lipinski definition) is 0. The molecular formula is C38H26O8. The van der Waals surface area contributed by atoms with Crippen molar-refractivity contribution in [2.45, 2.75) is 0 Å². The Morgan fingerprint density at radius 3 is 1.78 bits per heavy atom. The molecule has 8 heteroatoms. The maximum absolute atomic E-state index is 12.3. The number of esters is 4. The van der Waals surface area contributed by atoms with Crippen LogP contribution >= 0.6 is 0 Å². The second-order valence-electron chi connectivity index (χ2n) is 9.73. The molecule has 8 nitrogen and oxygen atoms in total. The molecule has 0 aliphatic carbocycles. The minimum absolute atomic E-state index is 0.0218. The summed E-state index contributed by atoms with van der Waals surface area (Å²) in [7, 11) is 0. The summed E-state index contributed by atoms with van der Waals surface area (Å²) in [6.45, 7) is 13.8. The van der Waals surface area contributed by atoms with Gasteiger partial charge in [0.15, 0.2) is 11.5 Å². The Labute approximate surface area is 264 Å². The summed E-state index contributed by atoms with van der Waals surface area (Å²) < 4.78 is 21.7. The van der Waals surface area contributed by atoms with E-state index < -0.39 is 23.9 Å². The molecule has 46 heavy (non-hydrogen) atoms. The van der Waals surface area contributed by atoms with Crippen LogP contribution in [0, 0.1) is 0 Å². The molecular weight excluding hydrogens is 584 g/mol. The van der Waals surface area contributed by atoms with Gasteiger partial charge in [-0.3, -0.25) is 0 Å². The average molecular weight is 611 g/mol. The fourth-order valence-electron chi connectivity index (χ4n) is 4.86. The molecule has 0 heterocycles. The highest BCUT2D eigenvalue weighted by Gasteiger charge is 2.19. The second-order valence-corrected chi connectivity index (χ2v) is 9.73. The van der Waals surface area contributed by atoms with Crippen LogP contribution in [0.2, 0.25) is 0 Å². The number of ether oxygens (including phenoxy) is 4. The molecule has 0 atom stereocenters. The van der Waals surface area contributed by atoms with Crippen molar-refractivity contribution in [3.8, 4) is 45.3 Å². The Kier molecular flexibility index (Phi) is 9.00. The van der Waals surface area contributed by atoms with Crippen LogP contribution in [-0.4, -0.2) is 23.9 Å². The molecule has 0 saturated heterocycles. The third kappa shape index (κ3) is 6.51. The average Bonchev–Trinajstić information content (AvgIpc) is 3.08. The monoisotopic (exact) mass is 610 g/mol. The summed E-state index contributed by atoms with van der Waals surface area (Å²) in [5, 5.41) is 3.14. The molecule has 5 rings (SSSR count). The Hall–Kier alpha value is -6.54. The maximum Gasteiger partial charge on any atom is 0.335 e. The lowest BCUT2D eigenvalue weighted by molar-refractivity contribution is -0.131. The van der Waals surface area contributed by atoms with Crippen LogP contribution in [0.4, 0.5) is 0 Å². The SMILES string of the molecule is C=CC(=O)Oc1cccc(-c2cc3ccc(-c4cccc(OC(=O)C=C)c4OC(=O)C=C)cc3c3cc(OC(=O)C=C)ccc23)c1. The van der Waals surface area contributed by atoms with Gasteiger partial charge in [0.25, 0.3) is 0 Å². The molecule has 0 bridgehead atoms. The Bertz CT molecular complexity index is 2100. The van der Waals surface area contributed by atoms with E-state index in [1.165, 1.54) is 6.07 Å². The van der Waals surface area contributed by atoms with Crippen molar-refractivity contribution in [1.29, 1.82) is 0 Å². The highest BCUT2D eigenvalue weighted by molar-refractivity contribution is 6.15. The van der Waals surface area contributed by atoms with Gasteiger partial charge < -0.3 is 18.9 Å². The van der Waals surface area contributed by atoms with Gasteiger partial charge in [0.1, 0.15) is 11.5 Å². The Morgan fingerprint density at radius 2 is 1.09 bits per heavy atom. The number of hydrogen-bond acceptors (Lipinski definition) is 8. The maximum atomic E-state index is 12.3. The predicted molar refractivity (Wildman–Crippen MR) is 176 cm³/mol. The van der Waals surface area contributed by atoms with Gasteiger partial charge in [-0.25, -0.2) is 19.2 Å². The molecule has 0 saturated carbocycles. The minimum Gasteiger partial charge on any atom is -0.423 e. The molecule has 0 amide bonds. The first-order valence-corrected chi connectivity index (χ1v) is 13.9. The van der Waals surface area contributed by atoms with Gasteiger partial charge in [-0.2, -0.15) is 0 Å². The van der Waals surface area contributed by atoms with Gasteiger partial charge in [0.2, 0.25) is 0 Å². The van der Waals surface area contributed by atoms with Crippen LogP contribution in [0.5, 0.6) is 23.0 Å².